The van der Waals surface area contributed by atoms with E-state index in [2.05, 4.69) is 118 Å². The minimum atomic E-state index is 0.169. The molecule has 1 aliphatic heterocycles. The van der Waals surface area contributed by atoms with Gasteiger partial charge in [0.05, 0.1) is 0 Å². The van der Waals surface area contributed by atoms with Crippen molar-refractivity contribution in [2.75, 3.05) is 0 Å². The van der Waals surface area contributed by atoms with Crippen LogP contribution in [0.15, 0.2) is 103 Å². The second-order valence-electron chi connectivity index (χ2n) is 11.6. The summed E-state index contributed by atoms with van der Waals surface area (Å²) in [5.41, 5.74) is 9.45. The van der Waals surface area contributed by atoms with E-state index in [0.29, 0.717) is 12.4 Å². The Morgan fingerprint density at radius 1 is 0.698 bits per heavy atom. The van der Waals surface area contributed by atoms with Crippen molar-refractivity contribution in [3.63, 3.8) is 0 Å². The topological polar surface area (TPSA) is 47.9 Å². The molecule has 0 aliphatic carbocycles. The lowest BCUT2D eigenvalue weighted by Gasteiger charge is -2.22. The molecule has 1 unspecified atom stereocenters. The van der Waals surface area contributed by atoms with Crippen LogP contribution in [0.25, 0.3) is 44.7 Å². The largest absolute Gasteiger partial charge is 0.488 e. The maximum Gasteiger partial charge on any atom is 0.163 e. The standard InChI is InChI=1S/C39H35N3O/c1-4-27-12-6-7-13-28(27)18-17-26(3)37-40-38(42-39(41-37)33-16-10-5-11-25(33)2)31-19-20-36-35(23-31)34-22-30-15-9-8-14-29(30)21-32(34)24-43-36/h5-16,19-23,26H,4,17-18,24H2,1-3H3. The summed E-state index contributed by atoms with van der Waals surface area (Å²) in [6, 6.07) is 36.4. The molecule has 0 fully saturated rings. The fourth-order valence-electron chi connectivity index (χ4n) is 6.15. The molecule has 5 aromatic carbocycles. The van der Waals surface area contributed by atoms with Crippen molar-refractivity contribution in [3.05, 3.63) is 131 Å². The highest BCUT2D eigenvalue weighted by Gasteiger charge is 2.21. The van der Waals surface area contributed by atoms with Gasteiger partial charge in [0.1, 0.15) is 18.2 Å². The third-order valence-corrected chi connectivity index (χ3v) is 8.71. The molecule has 2 heterocycles. The quantitative estimate of drug-likeness (QED) is 0.195. The highest BCUT2D eigenvalue weighted by molar-refractivity contribution is 5.91. The first-order valence-corrected chi connectivity index (χ1v) is 15.3. The predicted molar refractivity (Wildman–Crippen MR) is 175 cm³/mol. The van der Waals surface area contributed by atoms with Crippen LogP contribution in [-0.2, 0) is 19.4 Å². The molecule has 0 N–H and O–H groups in total. The average Bonchev–Trinajstić information content (AvgIpc) is 3.06. The first-order valence-electron chi connectivity index (χ1n) is 15.3. The van der Waals surface area contributed by atoms with Gasteiger partial charge in [0, 0.05) is 22.6 Å². The van der Waals surface area contributed by atoms with Gasteiger partial charge in [0.25, 0.3) is 0 Å². The Morgan fingerprint density at radius 2 is 1.42 bits per heavy atom. The Morgan fingerprint density at radius 3 is 2.23 bits per heavy atom. The Labute approximate surface area is 253 Å². The summed E-state index contributed by atoms with van der Waals surface area (Å²) in [7, 11) is 0. The number of aromatic nitrogens is 3. The molecule has 0 saturated heterocycles. The zero-order valence-corrected chi connectivity index (χ0v) is 25.0. The normalized spacial score (nSPS) is 12.8. The van der Waals surface area contributed by atoms with Crippen LogP contribution in [0.3, 0.4) is 0 Å². The Balaban J connectivity index is 1.30. The Kier molecular flexibility index (Phi) is 7.20. The van der Waals surface area contributed by atoms with Crippen molar-refractivity contribution in [2.45, 2.75) is 52.6 Å². The maximum atomic E-state index is 6.20. The van der Waals surface area contributed by atoms with Crippen molar-refractivity contribution in [1.29, 1.82) is 0 Å². The van der Waals surface area contributed by atoms with Crippen LogP contribution in [-0.4, -0.2) is 15.0 Å². The molecule has 6 aromatic rings. The van der Waals surface area contributed by atoms with Crippen molar-refractivity contribution in [2.24, 2.45) is 0 Å². The molecule has 0 radical (unpaired) electrons. The van der Waals surface area contributed by atoms with E-state index in [1.807, 2.05) is 6.07 Å². The van der Waals surface area contributed by atoms with Crippen LogP contribution in [0.1, 0.15) is 54.3 Å². The van der Waals surface area contributed by atoms with Gasteiger partial charge in [-0.05, 0) is 95.1 Å². The Bertz CT molecular complexity index is 1960. The lowest BCUT2D eigenvalue weighted by molar-refractivity contribution is 0.302. The number of hydrogen-bond donors (Lipinski definition) is 0. The van der Waals surface area contributed by atoms with Gasteiger partial charge >= 0.3 is 0 Å². The molecule has 4 heteroatoms. The van der Waals surface area contributed by atoms with E-state index in [1.54, 1.807) is 0 Å². The van der Waals surface area contributed by atoms with E-state index < -0.39 is 0 Å². The second kappa shape index (κ2) is 11.4. The number of hydrogen-bond acceptors (Lipinski definition) is 4. The average molecular weight is 562 g/mol. The molecule has 0 bridgehead atoms. The SMILES string of the molecule is CCc1ccccc1CCC(C)c1nc(-c2ccc3c(c2)-c2cc4ccccc4cc2CO3)nc(-c2ccccc2C)n1. The van der Waals surface area contributed by atoms with Crippen LogP contribution in [0.4, 0.5) is 0 Å². The number of fused-ring (bicyclic) bond motifs is 4. The van der Waals surface area contributed by atoms with Crippen LogP contribution in [0.5, 0.6) is 5.75 Å². The first kappa shape index (κ1) is 27.0. The minimum Gasteiger partial charge on any atom is -0.488 e. The van der Waals surface area contributed by atoms with Crippen molar-refractivity contribution >= 4 is 10.8 Å². The third kappa shape index (κ3) is 5.30. The molecule has 212 valence electrons. The van der Waals surface area contributed by atoms with Gasteiger partial charge in [-0.3, -0.25) is 0 Å². The number of benzene rings is 5. The molecule has 43 heavy (non-hydrogen) atoms. The number of nitrogens with zero attached hydrogens (tertiary/aromatic N) is 3. The Hall–Kier alpha value is -4.83. The van der Waals surface area contributed by atoms with E-state index in [4.69, 9.17) is 19.7 Å². The molecular formula is C39H35N3O. The van der Waals surface area contributed by atoms with Gasteiger partial charge < -0.3 is 4.74 Å². The molecule has 7 rings (SSSR count). The third-order valence-electron chi connectivity index (χ3n) is 8.71. The van der Waals surface area contributed by atoms with E-state index in [-0.39, 0.29) is 5.92 Å². The molecule has 0 saturated carbocycles. The van der Waals surface area contributed by atoms with Crippen LogP contribution in [0.2, 0.25) is 0 Å². The highest BCUT2D eigenvalue weighted by atomic mass is 16.5. The maximum absolute atomic E-state index is 6.20. The van der Waals surface area contributed by atoms with E-state index in [1.165, 1.54) is 33.0 Å². The summed E-state index contributed by atoms with van der Waals surface area (Å²) >= 11 is 0. The zero-order valence-electron chi connectivity index (χ0n) is 25.0. The molecule has 4 nitrogen and oxygen atoms in total. The summed E-state index contributed by atoms with van der Waals surface area (Å²) in [6.07, 6.45) is 3.00. The van der Waals surface area contributed by atoms with Gasteiger partial charge in [0.15, 0.2) is 11.6 Å². The van der Waals surface area contributed by atoms with Gasteiger partial charge in [-0.1, -0.05) is 86.6 Å². The lowest BCUT2D eigenvalue weighted by atomic mass is 9.92. The number of ether oxygens (including phenoxy) is 1. The van der Waals surface area contributed by atoms with E-state index in [0.717, 1.165) is 58.9 Å². The van der Waals surface area contributed by atoms with Crippen LogP contribution >= 0.6 is 0 Å². The van der Waals surface area contributed by atoms with Gasteiger partial charge in [-0.15, -0.1) is 0 Å². The minimum absolute atomic E-state index is 0.169. The first-order chi connectivity index (χ1) is 21.1. The van der Waals surface area contributed by atoms with Gasteiger partial charge in [0.2, 0.25) is 0 Å². The monoisotopic (exact) mass is 561 g/mol. The van der Waals surface area contributed by atoms with Crippen molar-refractivity contribution < 1.29 is 4.74 Å². The van der Waals surface area contributed by atoms with Crippen LogP contribution in [0, 0.1) is 6.92 Å². The fraction of sp³-hybridized carbons (Fsp3) is 0.205. The molecule has 0 spiro atoms. The molecule has 1 aliphatic rings. The predicted octanol–water partition coefficient (Wildman–Crippen LogP) is 9.53. The van der Waals surface area contributed by atoms with E-state index in [9.17, 15) is 0 Å². The fourth-order valence-corrected chi connectivity index (χ4v) is 6.15. The van der Waals surface area contributed by atoms with Crippen LogP contribution < -0.4 is 4.74 Å². The summed E-state index contributed by atoms with van der Waals surface area (Å²) in [6.45, 7) is 7.14. The molecule has 0 amide bonds. The zero-order chi connectivity index (χ0) is 29.3. The lowest BCUT2D eigenvalue weighted by Crippen LogP contribution is -2.09. The van der Waals surface area contributed by atoms with Gasteiger partial charge in [-0.2, -0.15) is 0 Å². The second-order valence-corrected chi connectivity index (χ2v) is 11.6. The number of rotatable bonds is 7. The van der Waals surface area contributed by atoms with Crippen molar-refractivity contribution in [3.8, 4) is 39.7 Å². The van der Waals surface area contributed by atoms with Crippen molar-refractivity contribution in [1.82, 2.24) is 15.0 Å². The molecule has 1 atom stereocenters. The van der Waals surface area contributed by atoms with E-state index >= 15 is 0 Å². The summed E-state index contributed by atoms with van der Waals surface area (Å²) in [4.78, 5) is 15.2. The number of aryl methyl sites for hydroxylation is 3. The summed E-state index contributed by atoms with van der Waals surface area (Å²) in [5, 5.41) is 2.45. The summed E-state index contributed by atoms with van der Waals surface area (Å²) < 4.78 is 6.20. The smallest absolute Gasteiger partial charge is 0.163 e. The molecule has 1 aromatic heterocycles. The van der Waals surface area contributed by atoms with Gasteiger partial charge in [-0.25, -0.2) is 15.0 Å². The summed E-state index contributed by atoms with van der Waals surface area (Å²) in [5.74, 6) is 3.31. The molecular weight excluding hydrogens is 526 g/mol. The highest BCUT2D eigenvalue weighted by Crippen LogP contribution is 2.41.